The van der Waals surface area contributed by atoms with Gasteiger partial charge in [-0.05, 0) is 17.7 Å². The minimum absolute atomic E-state index is 0.113. The second-order valence-corrected chi connectivity index (χ2v) is 6.04. The Morgan fingerprint density at radius 3 is 2.80 bits per heavy atom. The largest absolute Gasteiger partial charge is 0.371 e. The Kier molecular flexibility index (Phi) is 4.78. The van der Waals surface area contributed by atoms with Crippen molar-refractivity contribution < 1.29 is 8.78 Å². The summed E-state index contributed by atoms with van der Waals surface area (Å²) in [5.74, 6) is -1.92. The first-order chi connectivity index (χ1) is 12.0. The van der Waals surface area contributed by atoms with Gasteiger partial charge in [0.25, 0.3) is 5.92 Å². The van der Waals surface area contributed by atoms with Gasteiger partial charge in [-0.1, -0.05) is 12.1 Å². The van der Waals surface area contributed by atoms with Gasteiger partial charge < -0.3 is 21.4 Å². The smallest absolute Gasteiger partial charge is 0.251 e. The fourth-order valence-electron chi connectivity index (χ4n) is 2.79. The number of nitrogens with zero attached hydrogens (tertiary/aromatic N) is 3. The monoisotopic (exact) mass is 346 g/mol. The third kappa shape index (κ3) is 4.20. The fourth-order valence-corrected chi connectivity index (χ4v) is 2.79. The third-order valence-corrected chi connectivity index (χ3v) is 4.22. The van der Waals surface area contributed by atoms with Crippen LogP contribution in [0.5, 0.6) is 0 Å². The fraction of sp³-hybridized carbons (Fsp3) is 0.353. The molecule has 3 rings (SSSR count). The predicted octanol–water partition coefficient (Wildman–Crippen LogP) is 2.90. The van der Waals surface area contributed by atoms with Crippen molar-refractivity contribution in [3.8, 4) is 0 Å². The van der Waals surface area contributed by atoms with E-state index in [0.717, 1.165) is 17.5 Å². The molecular formula is C17H20F2N6. The lowest BCUT2D eigenvalue weighted by Gasteiger charge is -2.33. The van der Waals surface area contributed by atoms with E-state index in [1.807, 2.05) is 29.2 Å². The Bertz CT molecular complexity index is 755. The molecule has 0 amide bonds. The van der Waals surface area contributed by atoms with Crippen LogP contribution in [0.15, 0.2) is 30.5 Å². The molecule has 1 aromatic carbocycles. The summed E-state index contributed by atoms with van der Waals surface area (Å²) in [5, 5.41) is 10.5. The molecule has 2 heterocycles. The van der Waals surface area contributed by atoms with Crippen molar-refractivity contribution in [1.29, 1.82) is 5.41 Å². The van der Waals surface area contributed by atoms with Crippen molar-refractivity contribution in [2.24, 2.45) is 0 Å². The molecule has 2 aromatic rings. The van der Waals surface area contributed by atoms with Gasteiger partial charge >= 0.3 is 0 Å². The number of nitrogen functional groups attached to an aromatic ring is 1. The second kappa shape index (κ2) is 7.00. The molecule has 1 saturated heterocycles. The highest BCUT2D eigenvalue weighted by atomic mass is 19.3. The Balaban J connectivity index is 1.68. The molecule has 0 saturated carbocycles. The van der Waals surface area contributed by atoms with Crippen LogP contribution in [0.2, 0.25) is 0 Å². The van der Waals surface area contributed by atoms with Crippen molar-refractivity contribution >= 4 is 23.7 Å². The number of hydrogen-bond donors (Lipinski definition) is 3. The zero-order valence-electron chi connectivity index (χ0n) is 13.7. The molecule has 0 unspecified atom stereocenters. The Morgan fingerprint density at radius 2 is 2.08 bits per heavy atom. The number of nitrogens with one attached hydrogen (secondary N) is 2. The molecule has 132 valence electrons. The van der Waals surface area contributed by atoms with E-state index in [1.54, 1.807) is 0 Å². The minimum Gasteiger partial charge on any atom is -0.371 e. The summed E-state index contributed by atoms with van der Waals surface area (Å²) in [6, 6.07) is 7.76. The Morgan fingerprint density at radius 1 is 1.32 bits per heavy atom. The van der Waals surface area contributed by atoms with Crippen LogP contribution >= 0.6 is 0 Å². The number of anilines is 3. The normalized spacial score (nSPS) is 16.5. The Hall–Kier alpha value is -2.77. The number of halogens is 2. The summed E-state index contributed by atoms with van der Waals surface area (Å²) in [6.07, 6.45) is 2.42. The number of rotatable bonds is 5. The van der Waals surface area contributed by atoms with Crippen LogP contribution in [0.1, 0.15) is 24.0 Å². The molecule has 0 atom stereocenters. The van der Waals surface area contributed by atoms with Crippen molar-refractivity contribution in [3.05, 3.63) is 41.6 Å². The first-order valence-electron chi connectivity index (χ1n) is 8.05. The first kappa shape index (κ1) is 17.1. The lowest BCUT2D eigenvalue weighted by Crippen LogP contribution is -2.39. The molecule has 6 nitrogen and oxygen atoms in total. The van der Waals surface area contributed by atoms with Crippen LogP contribution in [-0.2, 0) is 6.54 Å². The molecule has 1 aliphatic heterocycles. The number of alkyl halides is 2. The lowest BCUT2D eigenvalue weighted by atomic mass is 10.1. The van der Waals surface area contributed by atoms with Crippen LogP contribution in [0.3, 0.4) is 0 Å². The quantitative estimate of drug-likeness (QED) is 0.724. The summed E-state index contributed by atoms with van der Waals surface area (Å²) in [6.45, 7) is 1.18. The number of aromatic nitrogens is 2. The van der Waals surface area contributed by atoms with E-state index in [-0.39, 0.29) is 18.8 Å². The number of nitrogens with two attached hydrogens (primary N) is 1. The molecule has 1 aromatic heterocycles. The van der Waals surface area contributed by atoms with Gasteiger partial charge in [0.2, 0.25) is 5.95 Å². The van der Waals surface area contributed by atoms with Gasteiger partial charge in [-0.3, -0.25) is 0 Å². The second-order valence-electron chi connectivity index (χ2n) is 6.04. The highest BCUT2D eigenvalue weighted by molar-refractivity contribution is 5.83. The zero-order chi connectivity index (χ0) is 17.9. The summed E-state index contributed by atoms with van der Waals surface area (Å²) in [7, 11) is 0. The van der Waals surface area contributed by atoms with E-state index in [4.69, 9.17) is 11.1 Å². The standard InChI is InChI=1S/C17H20F2N6/c18-17(19)4-6-25(7-5-17)14-3-1-2-12(8-14)10-22-15-13(9-20)11-23-16(21)24-15/h1-3,8-9,11,20H,4-7,10H2,(H3,21,22,23,24). The summed E-state index contributed by atoms with van der Waals surface area (Å²) >= 11 is 0. The lowest BCUT2D eigenvalue weighted by molar-refractivity contribution is -0.0220. The van der Waals surface area contributed by atoms with Crippen molar-refractivity contribution in [3.63, 3.8) is 0 Å². The number of piperidine rings is 1. The Labute approximate surface area is 144 Å². The summed E-state index contributed by atoms with van der Waals surface area (Å²) in [5.41, 5.74) is 8.06. The van der Waals surface area contributed by atoms with Crippen LogP contribution in [0.25, 0.3) is 0 Å². The molecule has 1 aliphatic rings. The molecule has 1 fully saturated rings. The molecule has 0 radical (unpaired) electrons. The van der Waals surface area contributed by atoms with Crippen molar-refractivity contribution in [1.82, 2.24) is 9.97 Å². The number of hydrogen-bond acceptors (Lipinski definition) is 6. The van der Waals surface area contributed by atoms with Crippen molar-refractivity contribution in [2.45, 2.75) is 25.3 Å². The van der Waals surface area contributed by atoms with Crippen LogP contribution in [-0.4, -0.2) is 35.2 Å². The SMILES string of the molecule is N=Cc1cnc(N)nc1NCc1cccc(N2CCC(F)(F)CC2)c1. The van der Waals surface area contributed by atoms with Crippen LogP contribution < -0.4 is 16.0 Å². The van der Waals surface area contributed by atoms with E-state index < -0.39 is 5.92 Å². The van der Waals surface area contributed by atoms with E-state index in [1.165, 1.54) is 6.20 Å². The van der Waals surface area contributed by atoms with Gasteiger partial charge in [0.05, 0.1) is 5.56 Å². The first-order valence-corrected chi connectivity index (χ1v) is 8.05. The predicted molar refractivity (Wildman–Crippen MR) is 94.5 cm³/mol. The summed E-state index contributed by atoms with van der Waals surface area (Å²) in [4.78, 5) is 9.94. The maximum atomic E-state index is 13.3. The third-order valence-electron chi connectivity index (χ3n) is 4.22. The van der Waals surface area contributed by atoms with Gasteiger partial charge in [0, 0.05) is 50.6 Å². The molecule has 4 N–H and O–H groups in total. The molecule has 0 bridgehead atoms. The molecule has 0 aliphatic carbocycles. The highest BCUT2D eigenvalue weighted by Gasteiger charge is 2.33. The van der Waals surface area contributed by atoms with E-state index in [0.29, 0.717) is 31.0 Å². The average Bonchev–Trinajstić information content (AvgIpc) is 2.60. The number of benzene rings is 1. The van der Waals surface area contributed by atoms with Gasteiger partial charge in [-0.15, -0.1) is 0 Å². The van der Waals surface area contributed by atoms with Gasteiger partial charge in [-0.2, -0.15) is 4.98 Å². The summed E-state index contributed by atoms with van der Waals surface area (Å²) < 4.78 is 26.6. The zero-order valence-corrected chi connectivity index (χ0v) is 13.7. The van der Waals surface area contributed by atoms with Crippen molar-refractivity contribution in [2.75, 3.05) is 29.0 Å². The van der Waals surface area contributed by atoms with E-state index in [2.05, 4.69) is 15.3 Å². The van der Waals surface area contributed by atoms with E-state index in [9.17, 15) is 8.78 Å². The van der Waals surface area contributed by atoms with Gasteiger partial charge in [0.1, 0.15) is 5.82 Å². The average molecular weight is 346 g/mol. The van der Waals surface area contributed by atoms with Crippen LogP contribution in [0, 0.1) is 5.41 Å². The topological polar surface area (TPSA) is 90.9 Å². The maximum Gasteiger partial charge on any atom is 0.251 e. The highest BCUT2D eigenvalue weighted by Crippen LogP contribution is 2.30. The van der Waals surface area contributed by atoms with Gasteiger partial charge in [0.15, 0.2) is 0 Å². The molecule has 0 spiro atoms. The molecule has 25 heavy (non-hydrogen) atoms. The minimum atomic E-state index is -2.55. The molecular weight excluding hydrogens is 326 g/mol. The van der Waals surface area contributed by atoms with E-state index >= 15 is 0 Å². The maximum absolute atomic E-state index is 13.3. The van der Waals surface area contributed by atoms with Crippen LogP contribution in [0.4, 0.5) is 26.2 Å². The molecule has 8 heteroatoms. The van der Waals surface area contributed by atoms with Gasteiger partial charge in [-0.25, -0.2) is 13.8 Å².